The summed E-state index contributed by atoms with van der Waals surface area (Å²) in [5.41, 5.74) is 0. The summed E-state index contributed by atoms with van der Waals surface area (Å²) < 4.78 is 5.75. The highest BCUT2D eigenvalue weighted by Gasteiger charge is 2.18. The molecule has 1 heterocycles. The lowest BCUT2D eigenvalue weighted by molar-refractivity contribution is -0.0161. The van der Waals surface area contributed by atoms with Gasteiger partial charge in [-0.25, -0.2) is 0 Å². The number of hydrogen-bond donors (Lipinski definition) is 2. The molecular formula is C16H35N5O. The van der Waals surface area contributed by atoms with E-state index in [1.165, 1.54) is 0 Å². The van der Waals surface area contributed by atoms with E-state index in [0.717, 1.165) is 45.3 Å². The largest absolute Gasteiger partial charge is 0.374 e. The van der Waals surface area contributed by atoms with Crippen LogP contribution >= 0.6 is 0 Å². The highest BCUT2D eigenvalue weighted by Crippen LogP contribution is 2.03. The van der Waals surface area contributed by atoms with Gasteiger partial charge >= 0.3 is 0 Å². The van der Waals surface area contributed by atoms with Crippen LogP contribution in [0.5, 0.6) is 0 Å². The van der Waals surface area contributed by atoms with Gasteiger partial charge in [0.25, 0.3) is 0 Å². The molecule has 1 fully saturated rings. The Morgan fingerprint density at radius 1 is 1.27 bits per heavy atom. The molecule has 0 amide bonds. The molecule has 0 radical (unpaired) electrons. The van der Waals surface area contributed by atoms with E-state index in [-0.39, 0.29) is 6.10 Å². The molecule has 0 aliphatic carbocycles. The maximum absolute atomic E-state index is 5.75. The lowest BCUT2D eigenvalue weighted by Gasteiger charge is -2.31. The molecule has 130 valence electrons. The quantitative estimate of drug-likeness (QED) is 0.532. The Morgan fingerprint density at radius 3 is 2.50 bits per heavy atom. The number of likely N-dealkylation sites (N-methyl/N-ethyl adjacent to an activating group) is 1. The van der Waals surface area contributed by atoms with Crippen molar-refractivity contribution in [3.8, 4) is 0 Å². The summed E-state index contributed by atoms with van der Waals surface area (Å²) in [6.07, 6.45) is 0.236. The molecule has 0 aromatic rings. The average Bonchev–Trinajstić information content (AvgIpc) is 2.45. The minimum Gasteiger partial charge on any atom is -0.374 e. The predicted molar refractivity (Wildman–Crippen MR) is 93.6 cm³/mol. The summed E-state index contributed by atoms with van der Waals surface area (Å²) in [6.45, 7) is 14.5. The number of hydrogen-bond acceptors (Lipinski definition) is 4. The normalized spacial score (nSPS) is 21.0. The van der Waals surface area contributed by atoms with Crippen LogP contribution in [0.4, 0.5) is 0 Å². The van der Waals surface area contributed by atoms with Gasteiger partial charge in [0.15, 0.2) is 5.96 Å². The standard InChI is InChI=1S/C16H35N5O/c1-13(2)21(14(3)4)8-7-18-16(17-5)19-11-15-12-20(6)9-10-22-15/h13-15H,7-12H2,1-6H3,(H2,17,18,19). The molecule has 1 saturated heterocycles. The van der Waals surface area contributed by atoms with Gasteiger partial charge in [0.05, 0.1) is 12.7 Å². The Bertz CT molecular complexity index is 324. The van der Waals surface area contributed by atoms with E-state index in [2.05, 4.69) is 60.2 Å². The first-order valence-corrected chi connectivity index (χ1v) is 8.44. The Morgan fingerprint density at radius 2 is 1.95 bits per heavy atom. The molecule has 1 aliphatic heterocycles. The Kier molecular flexibility index (Phi) is 8.75. The predicted octanol–water partition coefficient (Wildman–Crippen LogP) is 0.601. The van der Waals surface area contributed by atoms with Crippen molar-refractivity contribution < 1.29 is 4.74 Å². The van der Waals surface area contributed by atoms with Crippen LogP contribution in [0.25, 0.3) is 0 Å². The molecule has 1 rings (SSSR count). The van der Waals surface area contributed by atoms with Gasteiger partial charge in [-0.15, -0.1) is 0 Å². The smallest absolute Gasteiger partial charge is 0.191 e. The number of nitrogens with zero attached hydrogens (tertiary/aromatic N) is 3. The molecule has 1 atom stereocenters. The van der Waals surface area contributed by atoms with E-state index in [4.69, 9.17) is 4.74 Å². The second-order valence-electron chi connectivity index (χ2n) is 6.56. The molecule has 1 aliphatic rings. The highest BCUT2D eigenvalue weighted by atomic mass is 16.5. The van der Waals surface area contributed by atoms with Crippen molar-refractivity contribution in [2.45, 2.75) is 45.9 Å². The van der Waals surface area contributed by atoms with Crippen LogP contribution in [0.2, 0.25) is 0 Å². The van der Waals surface area contributed by atoms with Crippen molar-refractivity contribution >= 4 is 5.96 Å². The summed E-state index contributed by atoms with van der Waals surface area (Å²) in [7, 11) is 3.95. The second kappa shape index (κ2) is 10.0. The molecule has 6 nitrogen and oxygen atoms in total. The van der Waals surface area contributed by atoms with Gasteiger partial charge in [-0.1, -0.05) is 0 Å². The van der Waals surface area contributed by atoms with Gasteiger partial charge in [0.2, 0.25) is 0 Å². The number of rotatable bonds is 7. The number of ether oxygens (including phenoxy) is 1. The Hall–Kier alpha value is -0.850. The summed E-state index contributed by atoms with van der Waals surface area (Å²) in [5.74, 6) is 0.851. The van der Waals surface area contributed by atoms with Gasteiger partial charge in [0.1, 0.15) is 0 Å². The molecule has 6 heteroatoms. The van der Waals surface area contributed by atoms with Crippen molar-refractivity contribution in [2.24, 2.45) is 4.99 Å². The fourth-order valence-corrected chi connectivity index (χ4v) is 2.84. The van der Waals surface area contributed by atoms with Crippen molar-refractivity contribution in [1.29, 1.82) is 0 Å². The van der Waals surface area contributed by atoms with E-state index in [0.29, 0.717) is 12.1 Å². The van der Waals surface area contributed by atoms with Gasteiger partial charge in [0, 0.05) is 51.9 Å². The molecule has 2 N–H and O–H groups in total. The zero-order chi connectivity index (χ0) is 16.5. The van der Waals surface area contributed by atoms with Gasteiger partial charge in [-0.05, 0) is 34.7 Å². The number of nitrogens with one attached hydrogen (secondary N) is 2. The molecule has 0 aromatic carbocycles. The lowest BCUT2D eigenvalue weighted by Crippen LogP contribution is -2.49. The van der Waals surface area contributed by atoms with Gasteiger partial charge in [-0.2, -0.15) is 0 Å². The number of aliphatic imine (C=N–C) groups is 1. The monoisotopic (exact) mass is 313 g/mol. The van der Waals surface area contributed by atoms with Crippen LogP contribution in [-0.2, 0) is 4.74 Å². The number of guanidine groups is 1. The first kappa shape index (κ1) is 19.2. The van der Waals surface area contributed by atoms with Crippen molar-refractivity contribution in [2.75, 3.05) is 53.4 Å². The van der Waals surface area contributed by atoms with Crippen molar-refractivity contribution in [3.05, 3.63) is 0 Å². The average molecular weight is 313 g/mol. The van der Waals surface area contributed by atoms with Crippen LogP contribution < -0.4 is 10.6 Å². The molecular weight excluding hydrogens is 278 g/mol. The first-order chi connectivity index (χ1) is 10.4. The molecule has 0 saturated carbocycles. The topological polar surface area (TPSA) is 52.1 Å². The first-order valence-electron chi connectivity index (χ1n) is 8.44. The Labute approximate surface area is 136 Å². The van der Waals surface area contributed by atoms with Crippen molar-refractivity contribution in [1.82, 2.24) is 20.4 Å². The van der Waals surface area contributed by atoms with E-state index >= 15 is 0 Å². The van der Waals surface area contributed by atoms with Gasteiger partial charge < -0.3 is 20.3 Å². The third kappa shape index (κ3) is 6.94. The third-order valence-corrected chi connectivity index (χ3v) is 4.05. The summed E-state index contributed by atoms with van der Waals surface area (Å²) in [4.78, 5) is 9.06. The molecule has 1 unspecified atom stereocenters. The zero-order valence-corrected chi connectivity index (χ0v) is 15.2. The highest BCUT2D eigenvalue weighted by molar-refractivity contribution is 5.79. The molecule has 0 bridgehead atoms. The third-order valence-electron chi connectivity index (χ3n) is 4.05. The van der Waals surface area contributed by atoms with Crippen LogP contribution in [0.15, 0.2) is 4.99 Å². The maximum Gasteiger partial charge on any atom is 0.191 e. The minimum absolute atomic E-state index is 0.236. The van der Waals surface area contributed by atoms with Crippen LogP contribution in [0.3, 0.4) is 0 Å². The zero-order valence-electron chi connectivity index (χ0n) is 15.2. The second-order valence-corrected chi connectivity index (χ2v) is 6.56. The lowest BCUT2D eigenvalue weighted by atomic mass is 10.2. The molecule has 0 spiro atoms. The summed E-state index contributed by atoms with van der Waals surface area (Å²) in [6, 6.07) is 1.12. The van der Waals surface area contributed by atoms with E-state index in [1.54, 1.807) is 0 Å². The van der Waals surface area contributed by atoms with E-state index in [1.807, 2.05) is 7.05 Å². The summed E-state index contributed by atoms with van der Waals surface area (Å²) >= 11 is 0. The van der Waals surface area contributed by atoms with Crippen LogP contribution in [-0.4, -0.2) is 87.4 Å². The SMILES string of the molecule is CN=C(NCCN(C(C)C)C(C)C)NCC1CN(C)CCO1. The molecule has 0 aromatic heterocycles. The van der Waals surface area contributed by atoms with Crippen molar-refractivity contribution in [3.63, 3.8) is 0 Å². The van der Waals surface area contributed by atoms with E-state index < -0.39 is 0 Å². The summed E-state index contributed by atoms with van der Waals surface area (Å²) in [5, 5.41) is 6.75. The van der Waals surface area contributed by atoms with E-state index in [9.17, 15) is 0 Å². The van der Waals surface area contributed by atoms with Crippen LogP contribution in [0.1, 0.15) is 27.7 Å². The van der Waals surface area contributed by atoms with Gasteiger partial charge in [-0.3, -0.25) is 9.89 Å². The number of morpholine rings is 1. The Balaban J connectivity index is 2.27. The maximum atomic E-state index is 5.75. The molecule has 22 heavy (non-hydrogen) atoms. The fourth-order valence-electron chi connectivity index (χ4n) is 2.84. The fraction of sp³-hybridized carbons (Fsp3) is 0.938. The van der Waals surface area contributed by atoms with Crippen LogP contribution in [0, 0.1) is 0 Å². The minimum atomic E-state index is 0.236.